The van der Waals surface area contributed by atoms with E-state index in [4.69, 9.17) is 27.6 Å². The number of furan rings is 1. The van der Waals surface area contributed by atoms with Crippen LogP contribution in [-0.2, 0) is 6.54 Å². The zero-order valence-corrected chi connectivity index (χ0v) is 17.5. The number of anilines is 1. The number of halogens is 2. The van der Waals surface area contributed by atoms with Gasteiger partial charge in [0.2, 0.25) is 0 Å². The maximum atomic E-state index is 12.5. The molecule has 0 bridgehead atoms. The first-order chi connectivity index (χ1) is 15.0. The Hall–Kier alpha value is -3.55. The van der Waals surface area contributed by atoms with Crippen LogP contribution < -0.4 is 10.6 Å². The Morgan fingerprint density at radius 3 is 2.55 bits per heavy atom. The van der Waals surface area contributed by atoms with Crippen LogP contribution in [0.1, 0.15) is 26.5 Å². The topological polar surface area (TPSA) is 89.2 Å². The molecule has 4 aromatic rings. The molecule has 0 aliphatic carbocycles. The first kappa shape index (κ1) is 20.7. The molecule has 0 fully saturated rings. The summed E-state index contributed by atoms with van der Waals surface area (Å²) >= 11 is 12.1. The predicted molar refractivity (Wildman–Crippen MR) is 118 cm³/mol. The maximum Gasteiger partial charge on any atom is 0.291 e. The van der Waals surface area contributed by atoms with E-state index in [1.165, 1.54) is 17.1 Å². The number of nitrogens with zero attached hydrogens (tertiary/aromatic N) is 2. The fraction of sp³-hybridized carbons (Fsp3) is 0.0455. The second-order valence-corrected chi connectivity index (χ2v) is 7.42. The third kappa shape index (κ3) is 4.96. The highest BCUT2D eigenvalue weighted by atomic mass is 35.5. The van der Waals surface area contributed by atoms with Gasteiger partial charge in [-0.25, -0.2) is 4.68 Å². The lowest BCUT2D eigenvalue weighted by Crippen LogP contribution is -2.22. The number of nitrogens with one attached hydrogen (secondary N) is 2. The molecule has 0 aliphatic rings. The molecule has 4 rings (SSSR count). The lowest BCUT2D eigenvalue weighted by atomic mass is 10.2. The van der Waals surface area contributed by atoms with Crippen LogP contribution in [0.15, 0.2) is 77.7 Å². The standard InChI is InChI=1S/C22H16Cl2N4O3/c23-16-5-8-19(18(24)10-16)28-13-15(12-26-28)21(29)25-11-14-3-6-17(7-4-14)27-22(30)20-2-1-9-31-20/h1-10,12-13H,11H2,(H,25,29)(H,27,30). The summed E-state index contributed by atoms with van der Waals surface area (Å²) in [4.78, 5) is 24.4. The van der Waals surface area contributed by atoms with E-state index in [0.29, 0.717) is 33.5 Å². The highest BCUT2D eigenvalue weighted by Gasteiger charge is 2.12. The van der Waals surface area contributed by atoms with Crippen LogP contribution in [0.4, 0.5) is 5.69 Å². The molecule has 0 atom stereocenters. The second kappa shape index (κ2) is 9.07. The van der Waals surface area contributed by atoms with Crippen LogP contribution in [-0.4, -0.2) is 21.6 Å². The number of hydrogen-bond donors (Lipinski definition) is 2. The molecule has 7 nitrogen and oxygen atoms in total. The SMILES string of the molecule is O=C(NCc1ccc(NC(=O)c2ccco2)cc1)c1cnn(-c2ccc(Cl)cc2Cl)c1. The average molecular weight is 455 g/mol. The minimum Gasteiger partial charge on any atom is -0.459 e. The van der Waals surface area contributed by atoms with E-state index in [2.05, 4.69) is 15.7 Å². The fourth-order valence-corrected chi connectivity index (χ4v) is 3.32. The third-order valence-corrected chi connectivity index (χ3v) is 4.95. The van der Waals surface area contributed by atoms with E-state index in [9.17, 15) is 9.59 Å². The molecule has 0 radical (unpaired) electrons. The molecule has 2 heterocycles. The molecule has 9 heteroatoms. The van der Waals surface area contributed by atoms with Gasteiger partial charge in [-0.15, -0.1) is 0 Å². The molecule has 2 amide bonds. The van der Waals surface area contributed by atoms with Gasteiger partial charge < -0.3 is 15.1 Å². The second-order valence-electron chi connectivity index (χ2n) is 6.58. The molecule has 0 unspecified atom stereocenters. The van der Waals surface area contributed by atoms with Crippen molar-refractivity contribution in [2.45, 2.75) is 6.54 Å². The number of amides is 2. The molecule has 31 heavy (non-hydrogen) atoms. The van der Waals surface area contributed by atoms with Gasteiger partial charge in [0, 0.05) is 23.5 Å². The zero-order valence-electron chi connectivity index (χ0n) is 16.0. The van der Waals surface area contributed by atoms with Crippen molar-refractivity contribution >= 4 is 40.7 Å². The van der Waals surface area contributed by atoms with Crippen molar-refractivity contribution in [1.82, 2.24) is 15.1 Å². The Labute approximate surface area is 187 Å². The number of hydrogen-bond acceptors (Lipinski definition) is 4. The molecule has 0 aliphatic heterocycles. The molecule has 0 spiro atoms. The van der Waals surface area contributed by atoms with E-state index < -0.39 is 0 Å². The van der Waals surface area contributed by atoms with Crippen molar-refractivity contribution < 1.29 is 14.0 Å². The average Bonchev–Trinajstić information content (AvgIpc) is 3.45. The number of carbonyl (C=O) groups is 2. The summed E-state index contributed by atoms with van der Waals surface area (Å²) in [6.45, 7) is 0.318. The highest BCUT2D eigenvalue weighted by Crippen LogP contribution is 2.24. The lowest BCUT2D eigenvalue weighted by molar-refractivity contribution is 0.0949. The van der Waals surface area contributed by atoms with Crippen molar-refractivity contribution in [2.75, 3.05) is 5.32 Å². The minimum atomic E-state index is -0.330. The van der Waals surface area contributed by atoms with Crippen LogP contribution in [0.3, 0.4) is 0 Å². The first-order valence-electron chi connectivity index (χ1n) is 9.22. The van der Waals surface area contributed by atoms with Crippen LogP contribution in [0, 0.1) is 0 Å². The summed E-state index contributed by atoms with van der Waals surface area (Å²) in [5.74, 6) is -0.368. The van der Waals surface area contributed by atoms with Crippen LogP contribution in [0.25, 0.3) is 5.69 Å². The summed E-state index contributed by atoms with van der Waals surface area (Å²) in [6, 6.07) is 15.4. The fourth-order valence-electron chi connectivity index (χ4n) is 2.83. The van der Waals surface area contributed by atoms with Gasteiger partial charge in [0.15, 0.2) is 5.76 Å². The maximum absolute atomic E-state index is 12.5. The largest absolute Gasteiger partial charge is 0.459 e. The van der Waals surface area contributed by atoms with Gasteiger partial charge in [0.05, 0.1) is 28.7 Å². The molecule has 0 saturated heterocycles. The van der Waals surface area contributed by atoms with Crippen molar-refractivity contribution in [2.24, 2.45) is 0 Å². The Kier molecular flexibility index (Phi) is 6.06. The van der Waals surface area contributed by atoms with E-state index in [0.717, 1.165) is 5.56 Å². The van der Waals surface area contributed by atoms with Crippen molar-refractivity contribution in [1.29, 1.82) is 0 Å². The van der Waals surface area contributed by atoms with Crippen molar-refractivity contribution in [3.63, 3.8) is 0 Å². The lowest BCUT2D eigenvalue weighted by Gasteiger charge is -2.07. The highest BCUT2D eigenvalue weighted by molar-refractivity contribution is 6.35. The summed E-state index contributed by atoms with van der Waals surface area (Å²) < 4.78 is 6.58. The van der Waals surface area contributed by atoms with Gasteiger partial charge in [-0.2, -0.15) is 5.10 Å². The molecular weight excluding hydrogens is 439 g/mol. The summed E-state index contributed by atoms with van der Waals surface area (Å²) in [7, 11) is 0. The summed E-state index contributed by atoms with van der Waals surface area (Å²) in [5, 5.41) is 10.7. The number of rotatable bonds is 6. The first-order valence-corrected chi connectivity index (χ1v) is 9.97. The molecule has 2 N–H and O–H groups in total. The normalized spacial score (nSPS) is 10.6. The predicted octanol–water partition coefficient (Wildman–Crippen LogP) is 4.95. The van der Waals surface area contributed by atoms with Crippen molar-refractivity contribution in [3.8, 4) is 5.69 Å². The monoisotopic (exact) mass is 454 g/mol. The van der Waals surface area contributed by atoms with Gasteiger partial charge in [-0.05, 0) is 48.0 Å². The van der Waals surface area contributed by atoms with Gasteiger partial charge in [-0.1, -0.05) is 35.3 Å². The van der Waals surface area contributed by atoms with E-state index >= 15 is 0 Å². The van der Waals surface area contributed by atoms with Crippen LogP contribution in [0.5, 0.6) is 0 Å². The smallest absolute Gasteiger partial charge is 0.291 e. The third-order valence-electron chi connectivity index (χ3n) is 4.41. The van der Waals surface area contributed by atoms with Gasteiger partial charge in [0.25, 0.3) is 11.8 Å². The number of carbonyl (C=O) groups excluding carboxylic acids is 2. The number of benzene rings is 2. The van der Waals surface area contributed by atoms with E-state index in [1.807, 2.05) is 12.1 Å². The molecular formula is C22H16Cl2N4O3. The molecule has 2 aromatic heterocycles. The molecule has 2 aromatic carbocycles. The Bertz CT molecular complexity index is 1220. The Balaban J connectivity index is 1.34. The van der Waals surface area contributed by atoms with Crippen LogP contribution in [0.2, 0.25) is 10.0 Å². The minimum absolute atomic E-state index is 0.233. The van der Waals surface area contributed by atoms with Crippen molar-refractivity contribution in [3.05, 3.63) is 100 Å². The summed E-state index contributed by atoms with van der Waals surface area (Å²) in [6.07, 6.45) is 4.50. The molecule has 156 valence electrons. The number of aromatic nitrogens is 2. The Morgan fingerprint density at radius 2 is 1.84 bits per heavy atom. The zero-order chi connectivity index (χ0) is 21.8. The Morgan fingerprint density at radius 1 is 1.03 bits per heavy atom. The van der Waals surface area contributed by atoms with Gasteiger partial charge >= 0.3 is 0 Å². The van der Waals surface area contributed by atoms with E-state index in [1.54, 1.807) is 48.7 Å². The van der Waals surface area contributed by atoms with E-state index in [-0.39, 0.29) is 17.6 Å². The molecule has 0 saturated carbocycles. The van der Waals surface area contributed by atoms with Crippen LogP contribution >= 0.6 is 23.2 Å². The quantitative estimate of drug-likeness (QED) is 0.431. The van der Waals surface area contributed by atoms with Gasteiger partial charge in [0.1, 0.15) is 0 Å². The summed E-state index contributed by atoms with van der Waals surface area (Å²) in [5.41, 5.74) is 2.51. The van der Waals surface area contributed by atoms with Gasteiger partial charge in [-0.3, -0.25) is 9.59 Å².